The lowest BCUT2D eigenvalue weighted by Crippen LogP contribution is -1.73. The van der Waals surface area contributed by atoms with Gasteiger partial charge >= 0.3 is 0 Å². The first kappa shape index (κ1) is 8.36. The highest BCUT2D eigenvalue weighted by Crippen LogP contribution is 1.70. The SMILES string of the molecule is CSC.c1ncncn1. The van der Waals surface area contributed by atoms with E-state index in [1.807, 2.05) is 12.5 Å². The summed E-state index contributed by atoms with van der Waals surface area (Å²) in [5, 5.41) is 0. The van der Waals surface area contributed by atoms with Crippen LogP contribution in [0.25, 0.3) is 0 Å². The largest absolute Gasteiger partial charge is 0.225 e. The highest BCUT2D eigenvalue weighted by molar-refractivity contribution is 7.97. The Labute approximate surface area is 58.9 Å². The van der Waals surface area contributed by atoms with E-state index in [0.29, 0.717) is 0 Å². The molecule has 0 saturated carbocycles. The average Bonchev–Trinajstić information content (AvgIpc) is 1.93. The van der Waals surface area contributed by atoms with Gasteiger partial charge in [-0.05, 0) is 12.5 Å². The molecule has 0 N–H and O–H groups in total. The van der Waals surface area contributed by atoms with Crippen LogP contribution in [-0.2, 0) is 0 Å². The summed E-state index contributed by atoms with van der Waals surface area (Å²) in [6, 6.07) is 0. The third kappa shape index (κ3) is 7.36. The van der Waals surface area contributed by atoms with Crippen molar-refractivity contribution < 1.29 is 0 Å². The lowest BCUT2D eigenvalue weighted by atomic mass is 11.1. The zero-order valence-electron chi connectivity index (χ0n) is 5.48. The van der Waals surface area contributed by atoms with E-state index in [9.17, 15) is 0 Å². The van der Waals surface area contributed by atoms with Crippen molar-refractivity contribution in [2.24, 2.45) is 0 Å². The van der Waals surface area contributed by atoms with Gasteiger partial charge in [0.15, 0.2) is 0 Å². The van der Waals surface area contributed by atoms with Crippen molar-refractivity contribution in [1.29, 1.82) is 0 Å². The molecule has 0 amide bonds. The summed E-state index contributed by atoms with van der Waals surface area (Å²) in [6.07, 6.45) is 8.40. The van der Waals surface area contributed by atoms with Gasteiger partial charge in [0.05, 0.1) is 0 Å². The highest BCUT2D eigenvalue weighted by atomic mass is 32.2. The van der Waals surface area contributed by atoms with Crippen LogP contribution in [0.4, 0.5) is 0 Å². The number of hydrogen-bond donors (Lipinski definition) is 0. The molecule has 1 aromatic rings. The summed E-state index contributed by atoms with van der Waals surface area (Å²) < 4.78 is 0. The zero-order chi connectivity index (χ0) is 6.95. The van der Waals surface area contributed by atoms with Crippen molar-refractivity contribution in [3.8, 4) is 0 Å². The fourth-order valence-electron chi connectivity index (χ4n) is 0.205. The van der Waals surface area contributed by atoms with Gasteiger partial charge in [0.1, 0.15) is 19.0 Å². The van der Waals surface area contributed by atoms with Gasteiger partial charge < -0.3 is 0 Å². The minimum atomic E-state index is 1.44. The van der Waals surface area contributed by atoms with E-state index < -0.39 is 0 Å². The fraction of sp³-hybridized carbons (Fsp3) is 0.400. The van der Waals surface area contributed by atoms with Crippen LogP contribution in [0.2, 0.25) is 0 Å². The summed E-state index contributed by atoms with van der Waals surface area (Å²) in [5.41, 5.74) is 0. The maximum atomic E-state index is 3.56. The van der Waals surface area contributed by atoms with Crippen LogP contribution < -0.4 is 0 Å². The standard InChI is InChI=1S/C3H3N3.C2H6S/c1-4-2-6-3-5-1;1-3-2/h1-3H;1-2H3. The third-order valence-electron chi connectivity index (χ3n) is 0.400. The second-order valence-corrected chi connectivity index (χ2v) is 2.02. The topological polar surface area (TPSA) is 38.7 Å². The molecule has 0 bridgehead atoms. The Bertz CT molecular complexity index is 95.1. The zero-order valence-corrected chi connectivity index (χ0v) is 6.30. The smallest absolute Gasteiger partial charge is 0.119 e. The number of thioether (sulfide) groups is 1. The van der Waals surface area contributed by atoms with Gasteiger partial charge in [-0.25, -0.2) is 15.0 Å². The number of aromatic nitrogens is 3. The molecule has 0 unspecified atom stereocenters. The lowest BCUT2D eigenvalue weighted by Gasteiger charge is -1.69. The van der Waals surface area contributed by atoms with Gasteiger partial charge in [0.25, 0.3) is 0 Å². The van der Waals surface area contributed by atoms with E-state index in [1.54, 1.807) is 11.8 Å². The molecule has 0 radical (unpaired) electrons. The Balaban J connectivity index is 0.000000187. The van der Waals surface area contributed by atoms with E-state index in [2.05, 4.69) is 15.0 Å². The summed E-state index contributed by atoms with van der Waals surface area (Å²) in [7, 11) is 0. The number of nitrogens with zero attached hydrogens (tertiary/aromatic N) is 3. The highest BCUT2D eigenvalue weighted by Gasteiger charge is 1.59. The van der Waals surface area contributed by atoms with Gasteiger partial charge in [-0.3, -0.25) is 0 Å². The maximum absolute atomic E-state index is 3.56. The molecule has 4 heteroatoms. The molecule has 0 fully saturated rings. The maximum Gasteiger partial charge on any atom is 0.119 e. The van der Waals surface area contributed by atoms with E-state index >= 15 is 0 Å². The van der Waals surface area contributed by atoms with E-state index in [1.165, 1.54) is 19.0 Å². The molecule has 9 heavy (non-hydrogen) atoms. The predicted octanol–water partition coefficient (Wildman–Crippen LogP) is 0.851. The molecule has 0 aliphatic heterocycles. The minimum Gasteiger partial charge on any atom is -0.225 e. The van der Waals surface area contributed by atoms with Crippen molar-refractivity contribution in [2.45, 2.75) is 0 Å². The Morgan fingerprint density at radius 1 is 0.889 bits per heavy atom. The van der Waals surface area contributed by atoms with Crippen molar-refractivity contribution in [3.63, 3.8) is 0 Å². The van der Waals surface area contributed by atoms with Crippen LogP contribution in [0.1, 0.15) is 0 Å². The van der Waals surface area contributed by atoms with E-state index in [0.717, 1.165) is 0 Å². The second kappa shape index (κ2) is 7.36. The van der Waals surface area contributed by atoms with Crippen LogP contribution >= 0.6 is 11.8 Å². The molecule has 3 nitrogen and oxygen atoms in total. The Morgan fingerprint density at radius 3 is 1.22 bits per heavy atom. The molecule has 1 rings (SSSR count). The lowest BCUT2D eigenvalue weighted by molar-refractivity contribution is 1.05. The van der Waals surface area contributed by atoms with E-state index in [4.69, 9.17) is 0 Å². The Hall–Kier alpha value is -0.640. The van der Waals surface area contributed by atoms with Gasteiger partial charge in [0, 0.05) is 0 Å². The molecular weight excluding hydrogens is 134 g/mol. The Morgan fingerprint density at radius 2 is 1.11 bits per heavy atom. The van der Waals surface area contributed by atoms with Crippen molar-refractivity contribution in [3.05, 3.63) is 19.0 Å². The molecule has 0 atom stereocenters. The summed E-state index contributed by atoms with van der Waals surface area (Å²) in [5.74, 6) is 0. The van der Waals surface area contributed by atoms with Crippen LogP contribution in [-0.4, -0.2) is 27.5 Å². The van der Waals surface area contributed by atoms with Crippen LogP contribution in [0.15, 0.2) is 19.0 Å². The molecule has 0 saturated heterocycles. The van der Waals surface area contributed by atoms with Gasteiger partial charge in [0.2, 0.25) is 0 Å². The third-order valence-corrected chi connectivity index (χ3v) is 0.400. The molecule has 1 aromatic heterocycles. The fourth-order valence-corrected chi connectivity index (χ4v) is 0.205. The van der Waals surface area contributed by atoms with Crippen LogP contribution in [0, 0.1) is 0 Å². The predicted molar refractivity (Wildman–Crippen MR) is 39.3 cm³/mol. The minimum absolute atomic E-state index is 1.44. The quantitative estimate of drug-likeness (QED) is 0.539. The van der Waals surface area contributed by atoms with Gasteiger partial charge in [-0.15, -0.1) is 0 Å². The number of rotatable bonds is 0. The van der Waals surface area contributed by atoms with Crippen molar-refractivity contribution in [1.82, 2.24) is 15.0 Å². The summed E-state index contributed by atoms with van der Waals surface area (Å²) in [6.45, 7) is 0. The molecule has 0 spiro atoms. The molecule has 0 aliphatic carbocycles. The normalized spacial score (nSPS) is 7.33. The van der Waals surface area contributed by atoms with Gasteiger partial charge in [-0.1, -0.05) is 0 Å². The molecule has 50 valence electrons. The first-order chi connectivity index (χ1) is 4.41. The van der Waals surface area contributed by atoms with E-state index in [-0.39, 0.29) is 0 Å². The molecule has 0 aromatic carbocycles. The number of hydrogen-bond acceptors (Lipinski definition) is 4. The molecule has 0 aliphatic rings. The second-order valence-electron chi connectivity index (χ2n) is 1.20. The van der Waals surface area contributed by atoms with Crippen molar-refractivity contribution in [2.75, 3.05) is 12.5 Å². The first-order valence-corrected chi connectivity index (χ1v) is 4.00. The van der Waals surface area contributed by atoms with Gasteiger partial charge in [-0.2, -0.15) is 11.8 Å². The van der Waals surface area contributed by atoms with Crippen molar-refractivity contribution >= 4 is 11.8 Å². The summed E-state index contributed by atoms with van der Waals surface area (Å²) >= 11 is 1.75. The monoisotopic (exact) mass is 143 g/mol. The molecular formula is C5H9N3S. The summed E-state index contributed by atoms with van der Waals surface area (Å²) in [4.78, 5) is 10.7. The Kier molecular flexibility index (Phi) is 6.84. The molecule has 1 heterocycles. The first-order valence-electron chi connectivity index (χ1n) is 2.37. The van der Waals surface area contributed by atoms with Crippen LogP contribution in [0.3, 0.4) is 0 Å². The average molecular weight is 143 g/mol. The van der Waals surface area contributed by atoms with Crippen LogP contribution in [0.5, 0.6) is 0 Å².